The van der Waals surface area contributed by atoms with E-state index >= 15 is 0 Å². The molecule has 0 aliphatic carbocycles. The number of carbonyl (C=O) groups is 1. The third kappa shape index (κ3) is 2.86. The first-order valence-corrected chi connectivity index (χ1v) is 5.01. The minimum atomic E-state index is -0.500. The first kappa shape index (κ1) is 14.2. The molecule has 0 spiro atoms. The van der Waals surface area contributed by atoms with Crippen LogP contribution < -0.4 is 24.0 Å². The van der Waals surface area contributed by atoms with Gasteiger partial charge in [-0.15, -0.1) is 0 Å². The van der Waals surface area contributed by atoms with Gasteiger partial charge in [-0.25, -0.2) is 0 Å². The molecule has 4 nitrogen and oxygen atoms in total. The molecule has 3 rings (SSSR count). The zero-order valence-corrected chi connectivity index (χ0v) is 9.91. The second-order valence-corrected chi connectivity index (χ2v) is 3.31. The number of nitrogens with zero attached hydrogens (tertiary/aromatic N) is 2. The first-order valence-electron chi connectivity index (χ1n) is 5.01. The number of benzene rings is 1. The molecule has 0 saturated heterocycles. The van der Waals surface area contributed by atoms with Crippen LogP contribution in [0.15, 0.2) is 48.8 Å². The van der Waals surface area contributed by atoms with Crippen molar-refractivity contribution in [2.24, 2.45) is 0 Å². The Balaban J connectivity index is 0.000000372. The second kappa shape index (κ2) is 6.75. The number of hydrogen-bond donors (Lipinski definition) is 0. The third-order valence-electron chi connectivity index (χ3n) is 2.34. The fourth-order valence-electron chi connectivity index (χ4n) is 1.68. The van der Waals surface area contributed by atoms with E-state index in [-0.39, 0.29) is 18.9 Å². The number of pyridine rings is 2. The van der Waals surface area contributed by atoms with Crippen LogP contribution in [0.25, 0.3) is 21.8 Å². The number of rotatable bonds is 0. The van der Waals surface area contributed by atoms with Gasteiger partial charge in [-0.2, -0.15) is 0 Å². The van der Waals surface area contributed by atoms with Crippen molar-refractivity contribution < 1.29 is 28.8 Å². The summed E-state index contributed by atoms with van der Waals surface area (Å²) in [6, 6.07) is 12.1. The molecule has 84 valence electrons. The molecule has 0 bridgehead atoms. The van der Waals surface area contributed by atoms with Gasteiger partial charge < -0.3 is 9.90 Å². The van der Waals surface area contributed by atoms with E-state index < -0.39 is 6.47 Å². The van der Waals surface area contributed by atoms with Crippen molar-refractivity contribution in [1.82, 2.24) is 9.97 Å². The molecule has 0 atom stereocenters. The molecule has 5 heteroatoms. The second-order valence-electron chi connectivity index (χ2n) is 3.31. The molecule has 2 heterocycles. The molecule has 3 aromatic rings. The molecule has 0 N–H and O–H groups in total. The average Bonchev–Trinajstić information content (AvgIpc) is 2.40. The van der Waals surface area contributed by atoms with Gasteiger partial charge in [-0.1, -0.05) is 24.3 Å². The Kier molecular flexibility index (Phi) is 5.31. The predicted octanol–water partition coefficient (Wildman–Crippen LogP) is -1.85. The van der Waals surface area contributed by atoms with Crippen molar-refractivity contribution in [3.05, 3.63) is 48.8 Å². The maximum absolute atomic E-state index is 8.25. The molecule has 18 heavy (non-hydrogen) atoms. The summed E-state index contributed by atoms with van der Waals surface area (Å²) in [6.45, 7) is -0.500. The van der Waals surface area contributed by atoms with Crippen molar-refractivity contribution in [3.8, 4) is 0 Å². The van der Waals surface area contributed by atoms with E-state index in [1.807, 2.05) is 12.1 Å². The summed E-state index contributed by atoms with van der Waals surface area (Å²) in [6.07, 6.45) is 3.60. The van der Waals surface area contributed by atoms with E-state index in [2.05, 4.69) is 34.2 Å². The van der Waals surface area contributed by atoms with Crippen molar-refractivity contribution >= 4 is 28.3 Å². The van der Waals surface area contributed by atoms with Gasteiger partial charge in [0.2, 0.25) is 0 Å². The Labute approximate surface area is 116 Å². The van der Waals surface area contributed by atoms with Crippen LogP contribution in [0.4, 0.5) is 0 Å². The Bertz CT molecular complexity index is 604. The average molecular weight is 232 g/mol. The fourth-order valence-corrected chi connectivity index (χ4v) is 1.68. The Hall–Kier alpha value is -1.89. The number of fused-ring (bicyclic) bond motifs is 3. The van der Waals surface area contributed by atoms with Gasteiger partial charge in [0.1, 0.15) is 0 Å². The normalized spacial score (nSPS) is 9.11. The van der Waals surface area contributed by atoms with E-state index in [9.17, 15) is 0 Å². The van der Waals surface area contributed by atoms with Crippen LogP contribution in [0, 0.1) is 0 Å². The molecule has 0 fully saturated rings. The monoisotopic (exact) mass is 232 g/mol. The van der Waals surface area contributed by atoms with Crippen molar-refractivity contribution in [2.75, 3.05) is 0 Å². The van der Waals surface area contributed by atoms with Crippen LogP contribution in [0.3, 0.4) is 0 Å². The maximum atomic E-state index is 8.25. The number of carbonyl (C=O) groups excluding carboxylic acids is 1. The van der Waals surface area contributed by atoms with Crippen LogP contribution in [0.2, 0.25) is 0 Å². The van der Waals surface area contributed by atoms with E-state index in [0.29, 0.717) is 0 Å². The van der Waals surface area contributed by atoms with E-state index in [4.69, 9.17) is 9.90 Å². The summed E-state index contributed by atoms with van der Waals surface area (Å²) in [5.74, 6) is 0. The smallest absolute Gasteiger partial charge is 0.554 e. The standard InChI is InChI=1S/C12H8N2.CH2O2.Li/c1-3-9-5-6-10-4-2-8-14-12(10)11(9)13-7-1;2-1-3;/h1-8H;1H,(H,2,3);/q;;+1/p-1. The Morgan fingerprint density at radius 3 is 1.67 bits per heavy atom. The van der Waals surface area contributed by atoms with Crippen LogP contribution >= 0.6 is 0 Å². The van der Waals surface area contributed by atoms with Gasteiger partial charge in [0.05, 0.1) is 11.0 Å². The minimum Gasteiger partial charge on any atom is -0.554 e. The summed E-state index contributed by atoms with van der Waals surface area (Å²) in [5, 5.41) is 10.5. The quantitative estimate of drug-likeness (QED) is 0.259. The number of carboxylic acid groups (broad SMARTS) is 1. The molecule has 2 aromatic heterocycles. The van der Waals surface area contributed by atoms with Crippen LogP contribution in [0.5, 0.6) is 0 Å². The van der Waals surface area contributed by atoms with Crippen molar-refractivity contribution in [2.45, 2.75) is 0 Å². The van der Waals surface area contributed by atoms with Crippen molar-refractivity contribution in [3.63, 3.8) is 0 Å². The van der Waals surface area contributed by atoms with Gasteiger partial charge in [0.15, 0.2) is 0 Å². The third-order valence-corrected chi connectivity index (χ3v) is 2.34. The molecule has 0 aliphatic heterocycles. The van der Waals surface area contributed by atoms with Gasteiger partial charge in [-0.3, -0.25) is 9.97 Å². The summed E-state index contributed by atoms with van der Waals surface area (Å²) in [7, 11) is 0. The fraction of sp³-hybridized carbons (Fsp3) is 0. The zero-order valence-electron chi connectivity index (χ0n) is 9.91. The molecular weight excluding hydrogens is 223 g/mol. The molecule has 0 unspecified atom stereocenters. The van der Waals surface area contributed by atoms with Gasteiger partial charge in [0.25, 0.3) is 0 Å². The molecular formula is C13H9LiN2O2. The van der Waals surface area contributed by atoms with Gasteiger partial charge in [-0.05, 0) is 12.1 Å². The minimum absolute atomic E-state index is 0. The summed E-state index contributed by atoms with van der Waals surface area (Å²) < 4.78 is 0. The van der Waals surface area contributed by atoms with E-state index in [1.165, 1.54) is 0 Å². The molecule has 1 aromatic carbocycles. The Morgan fingerprint density at radius 2 is 1.28 bits per heavy atom. The first-order chi connectivity index (χ1) is 8.36. The largest absolute Gasteiger partial charge is 1.00 e. The zero-order chi connectivity index (χ0) is 12.1. The number of hydrogen-bond acceptors (Lipinski definition) is 4. The van der Waals surface area contributed by atoms with Crippen molar-refractivity contribution in [1.29, 1.82) is 0 Å². The van der Waals surface area contributed by atoms with Gasteiger partial charge in [0, 0.05) is 29.6 Å². The predicted molar refractivity (Wildman–Crippen MR) is 63.1 cm³/mol. The van der Waals surface area contributed by atoms with E-state index in [1.54, 1.807) is 12.4 Å². The van der Waals surface area contributed by atoms with Crippen LogP contribution in [-0.2, 0) is 4.79 Å². The van der Waals surface area contributed by atoms with Gasteiger partial charge >= 0.3 is 18.9 Å². The summed E-state index contributed by atoms with van der Waals surface area (Å²) >= 11 is 0. The molecule has 0 amide bonds. The molecule has 0 saturated carbocycles. The molecule has 0 radical (unpaired) electrons. The molecule has 0 aliphatic rings. The SMILES string of the molecule is O=C[O-].[Li+].c1cnc2c(c1)ccc1cccnc12. The van der Waals surface area contributed by atoms with Crippen LogP contribution in [0.1, 0.15) is 0 Å². The maximum Gasteiger partial charge on any atom is 1.00 e. The summed E-state index contributed by atoms with van der Waals surface area (Å²) in [4.78, 5) is 16.9. The number of aromatic nitrogens is 2. The summed E-state index contributed by atoms with van der Waals surface area (Å²) in [5.41, 5.74) is 1.95. The topological polar surface area (TPSA) is 65.9 Å². The Morgan fingerprint density at radius 1 is 0.889 bits per heavy atom. The van der Waals surface area contributed by atoms with Crippen LogP contribution in [-0.4, -0.2) is 16.4 Å². The van der Waals surface area contributed by atoms with E-state index in [0.717, 1.165) is 21.8 Å².